The lowest BCUT2D eigenvalue weighted by atomic mass is 9.67. The van der Waals surface area contributed by atoms with Crippen molar-refractivity contribution in [2.45, 2.75) is 63.6 Å². The van der Waals surface area contributed by atoms with E-state index in [0.29, 0.717) is 23.3 Å². The van der Waals surface area contributed by atoms with Crippen LogP contribution in [0, 0.1) is 29.6 Å². The summed E-state index contributed by atoms with van der Waals surface area (Å²) >= 11 is 3.59. The fourth-order valence-corrected chi connectivity index (χ4v) is 9.49. The van der Waals surface area contributed by atoms with Crippen LogP contribution in [-0.4, -0.2) is 56.9 Å². The summed E-state index contributed by atoms with van der Waals surface area (Å²) in [6, 6.07) is 17.2. The van der Waals surface area contributed by atoms with Gasteiger partial charge in [0, 0.05) is 22.5 Å². The molecule has 248 valence electrons. The molecule has 47 heavy (non-hydrogen) atoms. The van der Waals surface area contributed by atoms with Crippen molar-refractivity contribution in [3.8, 4) is 5.75 Å². The monoisotopic (exact) mass is 700 g/mol. The molecule has 9 heteroatoms. The van der Waals surface area contributed by atoms with E-state index in [1.807, 2.05) is 53.4 Å². The average Bonchev–Trinajstić information content (AvgIpc) is 3.35. The first-order chi connectivity index (χ1) is 22.7. The minimum Gasteiger partial charge on any atom is -0.496 e. The normalized spacial score (nSPS) is 28.0. The van der Waals surface area contributed by atoms with Crippen molar-refractivity contribution in [2.24, 2.45) is 29.6 Å². The van der Waals surface area contributed by atoms with Crippen molar-refractivity contribution in [3.63, 3.8) is 0 Å². The number of carbonyl (C=O) groups excluding carboxylic acids is 3. The lowest BCUT2D eigenvalue weighted by molar-refractivity contribution is -0.125. The summed E-state index contributed by atoms with van der Waals surface area (Å²) in [6.07, 6.45) is 7.92. The minimum absolute atomic E-state index is 0.0418. The second-order valence-corrected chi connectivity index (χ2v) is 15.5. The van der Waals surface area contributed by atoms with Crippen molar-refractivity contribution in [3.05, 3.63) is 64.6 Å². The molecule has 4 fully saturated rings. The summed E-state index contributed by atoms with van der Waals surface area (Å²) in [6.45, 7) is 2.50. The SMILES string of the molecule is CN[C@@](C)(C=O)CN[C@H]1CN(C(=O)C2CC3CC4CC(C3)CC2C4)c2ccccc2N(Cc2c(OC)ccc3cc(Br)ccc23)C1=O. The molecule has 1 aliphatic heterocycles. The molecule has 1 heterocycles. The first kappa shape index (κ1) is 32.3. The number of amides is 2. The molecule has 5 aliphatic rings. The van der Waals surface area contributed by atoms with Gasteiger partial charge in [-0.2, -0.15) is 0 Å². The Hall–Kier alpha value is -3.27. The van der Waals surface area contributed by atoms with Crippen LogP contribution in [0.25, 0.3) is 10.8 Å². The highest BCUT2D eigenvalue weighted by Gasteiger charge is 2.48. The summed E-state index contributed by atoms with van der Waals surface area (Å²) in [4.78, 5) is 45.4. The van der Waals surface area contributed by atoms with Gasteiger partial charge in [0.1, 0.15) is 18.1 Å². The van der Waals surface area contributed by atoms with E-state index < -0.39 is 11.6 Å². The molecular formula is C38H45BrN4O4. The smallest absolute Gasteiger partial charge is 0.246 e. The van der Waals surface area contributed by atoms with Crippen LogP contribution in [0.1, 0.15) is 51.0 Å². The number of methoxy groups -OCH3 is 1. The van der Waals surface area contributed by atoms with E-state index in [4.69, 9.17) is 4.74 Å². The van der Waals surface area contributed by atoms with Crippen molar-refractivity contribution >= 4 is 56.2 Å². The molecule has 4 bridgehead atoms. The Morgan fingerprint density at radius 3 is 2.38 bits per heavy atom. The molecule has 5 atom stereocenters. The van der Waals surface area contributed by atoms with E-state index in [0.717, 1.165) is 63.9 Å². The van der Waals surface area contributed by atoms with E-state index in [9.17, 15) is 14.4 Å². The topological polar surface area (TPSA) is 91.0 Å². The molecule has 4 aliphatic carbocycles. The van der Waals surface area contributed by atoms with Crippen LogP contribution >= 0.6 is 15.9 Å². The molecule has 3 aromatic rings. The summed E-state index contributed by atoms with van der Waals surface area (Å²) in [5.74, 6) is 3.14. The van der Waals surface area contributed by atoms with Gasteiger partial charge >= 0.3 is 0 Å². The number of para-hydroxylation sites is 2. The number of benzene rings is 3. The molecule has 2 amide bonds. The summed E-state index contributed by atoms with van der Waals surface area (Å²) in [5.41, 5.74) is 1.49. The molecule has 0 aromatic heterocycles. The zero-order valence-corrected chi connectivity index (χ0v) is 29.1. The molecular weight excluding hydrogens is 656 g/mol. The van der Waals surface area contributed by atoms with E-state index in [2.05, 4.69) is 32.6 Å². The van der Waals surface area contributed by atoms with Crippen LogP contribution in [-0.2, 0) is 20.9 Å². The molecule has 8 rings (SSSR count). The second-order valence-electron chi connectivity index (χ2n) is 14.6. The maximum atomic E-state index is 14.9. The number of carbonyl (C=O) groups is 3. The number of hydrogen-bond donors (Lipinski definition) is 2. The van der Waals surface area contributed by atoms with Crippen molar-refractivity contribution < 1.29 is 19.1 Å². The molecule has 3 unspecified atom stereocenters. The highest BCUT2D eigenvalue weighted by atomic mass is 79.9. The number of halogens is 1. The first-order valence-electron chi connectivity index (χ1n) is 17.1. The van der Waals surface area contributed by atoms with Gasteiger partial charge in [0.25, 0.3) is 0 Å². The van der Waals surface area contributed by atoms with Crippen molar-refractivity contribution in [1.29, 1.82) is 0 Å². The predicted molar refractivity (Wildman–Crippen MR) is 189 cm³/mol. The third-order valence-electron chi connectivity index (χ3n) is 11.5. The number of aldehydes is 1. The maximum absolute atomic E-state index is 14.9. The van der Waals surface area contributed by atoms with Crippen LogP contribution in [0.5, 0.6) is 5.75 Å². The van der Waals surface area contributed by atoms with Crippen molar-refractivity contribution in [1.82, 2.24) is 10.6 Å². The first-order valence-corrected chi connectivity index (χ1v) is 17.8. The van der Waals surface area contributed by atoms with E-state index in [1.54, 1.807) is 26.0 Å². The Labute approximate surface area is 285 Å². The third-order valence-corrected chi connectivity index (χ3v) is 12.0. The van der Waals surface area contributed by atoms with Gasteiger partial charge in [-0.15, -0.1) is 0 Å². The quantitative estimate of drug-likeness (QED) is 0.263. The van der Waals surface area contributed by atoms with Crippen LogP contribution in [0.3, 0.4) is 0 Å². The van der Waals surface area contributed by atoms with Crippen LogP contribution in [0.2, 0.25) is 0 Å². The fourth-order valence-electron chi connectivity index (χ4n) is 9.11. The Morgan fingerprint density at radius 1 is 1.00 bits per heavy atom. The van der Waals surface area contributed by atoms with Gasteiger partial charge in [-0.25, -0.2) is 0 Å². The summed E-state index contributed by atoms with van der Waals surface area (Å²) in [5, 5.41) is 8.52. The van der Waals surface area contributed by atoms with Gasteiger partial charge < -0.3 is 30.0 Å². The fraction of sp³-hybridized carbons (Fsp3) is 0.500. The number of nitrogens with one attached hydrogen (secondary N) is 2. The minimum atomic E-state index is -0.870. The van der Waals surface area contributed by atoms with Gasteiger partial charge in [-0.3, -0.25) is 9.59 Å². The van der Waals surface area contributed by atoms with Gasteiger partial charge in [-0.05, 0) is 117 Å². The van der Waals surface area contributed by atoms with Gasteiger partial charge in [0.2, 0.25) is 11.8 Å². The Kier molecular flexibility index (Phi) is 8.91. The number of fused-ring (bicyclic) bond motifs is 3. The molecule has 0 radical (unpaired) electrons. The number of rotatable bonds is 9. The van der Waals surface area contributed by atoms with Crippen LogP contribution in [0.4, 0.5) is 11.4 Å². The summed E-state index contributed by atoms with van der Waals surface area (Å²) < 4.78 is 6.82. The lowest BCUT2D eigenvalue weighted by Crippen LogP contribution is -2.58. The number of ether oxygens (including phenoxy) is 1. The van der Waals surface area contributed by atoms with Gasteiger partial charge in [0.05, 0.1) is 37.1 Å². The molecule has 3 aromatic carbocycles. The zero-order valence-electron chi connectivity index (χ0n) is 27.5. The van der Waals surface area contributed by atoms with E-state index in [-0.39, 0.29) is 37.4 Å². The van der Waals surface area contributed by atoms with Crippen molar-refractivity contribution in [2.75, 3.05) is 37.0 Å². The average molecular weight is 702 g/mol. The highest BCUT2D eigenvalue weighted by molar-refractivity contribution is 9.10. The zero-order chi connectivity index (χ0) is 32.9. The predicted octanol–water partition coefficient (Wildman–Crippen LogP) is 6.09. The number of hydrogen-bond acceptors (Lipinski definition) is 6. The summed E-state index contributed by atoms with van der Waals surface area (Å²) in [7, 11) is 3.39. The van der Waals surface area contributed by atoms with E-state index >= 15 is 0 Å². The number of likely N-dealkylation sites (N-methyl/N-ethyl adjacent to an activating group) is 1. The molecule has 4 saturated carbocycles. The number of anilines is 2. The molecule has 0 saturated heterocycles. The maximum Gasteiger partial charge on any atom is 0.246 e. The van der Waals surface area contributed by atoms with Crippen LogP contribution < -0.4 is 25.2 Å². The standard InChI is InChI=1S/C38H45BrN4O4/c1-38(22-44,40-2)21-41-32-20-43(36(45)30-17-25-13-23-12-24(14-25)16-27(30)15-23)34-7-5-4-6-33(34)42(37(32)46)19-31-29-10-9-28(39)18-26(29)8-11-35(31)47-3/h4-11,18,22-25,27,30,32,40-41H,12-17,19-21H2,1-3H3/t23?,24?,25?,27?,30?,32-,38+/m0/s1. The Balaban J connectivity index is 1.31. The third kappa shape index (κ3) is 6.11. The lowest BCUT2D eigenvalue weighted by Gasteiger charge is -2.39. The number of nitrogens with zero attached hydrogens (tertiary/aromatic N) is 2. The molecule has 2 N–H and O–H groups in total. The molecule has 8 nitrogen and oxygen atoms in total. The van der Waals surface area contributed by atoms with Gasteiger partial charge in [0.15, 0.2) is 0 Å². The van der Waals surface area contributed by atoms with Crippen LogP contribution in [0.15, 0.2) is 59.1 Å². The Morgan fingerprint density at radius 2 is 1.70 bits per heavy atom. The van der Waals surface area contributed by atoms with E-state index in [1.165, 1.54) is 19.3 Å². The largest absolute Gasteiger partial charge is 0.496 e. The second kappa shape index (κ2) is 13.0. The molecule has 0 spiro atoms. The highest BCUT2D eigenvalue weighted by Crippen LogP contribution is 2.54. The van der Waals surface area contributed by atoms with Gasteiger partial charge in [-0.1, -0.05) is 40.2 Å². The Bertz CT molecular complexity index is 1680.